The Labute approximate surface area is 103 Å². The summed E-state index contributed by atoms with van der Waals surface area (Å²) in [5.74, 6) is 0. The molecule has 0 amide bonds. The molecule has 0 aromatic carbocycles. The second-order valence-corrected chi connectivity index (χ2v) is 4.62. The van der Waals surface area contributed by atoms with E-state index in [1.165, 1.54) is 11.1 Å². The maximum absolute atomic E-state index is 5.88. The number of ether oxygens (including phenoxy) is 1. The first-order chi connectivity index (χ1) is 8.24. The molecule has 94 valence electrons. The van der Waals surface area contributed by atoms with Crippen LogP contribution in [0.1, 0.15) is 17.2 Å². The fraction of sp³-hybridized carbons (Fsp3) is 0.615. The molecular weight excluding hydrogens is 214 g/mol. The molecular formula is C13H21N3O. The van der Waals surface area contributed by atoms with Gasteiger partial charge in [-0.1, -0.05) is 0 Å². The molecule has 1 saturated heterocycles. The minimum absolute atomic E-state index is 0.196. The summed E-state index contributed by atoms with van der Waals surface area (Å²) in [4.78, 5) is 6.60. The Morgan fingerprint density at radius 1 is 1.59 bits per heavy atom. The summed E-state index contributed by atoms with van der Waals surface area (Å²) >= 11 is 0. The van der Waals surface area contributed by atoms with Gasteiger partial charge in [-0.15, -0.1) is 0 Å². The summed E-state index contributed by atoms with van der Waals surface area (Å²) in [6, 6.07) is 2.36. The molecule has 2 rings (SSSR count). The van der Waals surface area contributed by atoms with Gasteiger partial charge in [0, 0.05) is 25.5 Å². The van der Waals surface area contributed by atoms with Crippen LogP contribution in [-0.2, 0) is 4.74 Å². The molecule has 2 atom stereocenters. The van der Waals surface area contributed by atoms with Crippen molar-refractivity contribution in [2.75, 3.05) is 33.8 Å². The van der Waals surface area contributed by atoms with Crippen LogP contribution >= 0.6 is 0 Å². The summed E-state index contributed by atoms with van der Waals surface area (Å²) in [5.41, 5.74) is 2.55. The lowest BCUT2D eigenvalue weighted by atomic mass is 9.96. The Bertz CT molecular complexity index is 367. The van der Waals surface area contributed by atoms with Crippen LogP contribution in [0.3, 0.4) is 0 Å². The number of nitrogens with one attached hydrogen (secondary N) is 1. The summed E-state index contributed by atoms with van der Waals surface area (Å²) in [6.45, 7) is 4.77. The van der Waals surface area contributed by atoms with Gasteiger partial charge in [0.15, 0.2) is 0 Å². The Morgan fingerprint density at radius 2 is 2.41 bits per heavy atom. The molecule has 2 unspecified atom stereocenters. The molecule has 0 spiro atoms. The predicted octanol–water partition coefficient (Wildman–Crippen LogP) is 0.981. The molecule has 1 aliphatic rings. The Hall–Kier alpha value is -0.970. The van der Waals surface area contributed by atoms with Gasteiger partial charge in [-0.2, -0.15) is 0 Å². The predicted molar refractivity (Wildman–Crippen MR) is 68.0 cm³/mol. The van der Waals surface area contributed by atoms with Crippen molar-refractivity contribution in [1.82, 2.24) is 15.2 Å². The minimum atomic E-state index is 0.196. The van der Waals surface area contributed by atoms with Crippen LogP contribution in [0.25, 0.3) is 0 Å². The van der Waals surface area contributed by atoms with Crippen molar-refractivity contribution >= 4 is 0 Å². The highest BCUT2D eigenvalue weighted by Gasteiger charge is 2.31. The second kappa shape index (κ2) is 5.58. The maximum Gasteiger partial charge on any atom is 0.0896 e. The van der Waals surface area contributed by atoms with Crippen LogP contribution < -0.4 is 5.32 Å². The fourth-order valence-corrected chi connectivity index (χ4v) is 2.46. The average Bonchev–Trinajstić information content (AvgIpc) is 2.31. The third-order valence-electron chi connectivity index (χ3n) is 3.41. The van der Waals surface area contributed by atoms with E-state index in [0.29, 0.717) is 6.04 Å². The van der Waals surface area contributed by atoms with Gasteiger partial charge in [-0.25, -0.2) is 0 Å². The molecule has 1 aliphatic heterocycles. The molecule has 1 aromatic heterocycles. The first-order valence-electron chi connectivity index (χ1n) is 6.11. The second-order valence-electron chi connectivity index (χ2n) is 4.62. The van der Waals surface area contributed by atoms with E-state index in [1.807, 2.05) is 19.4 Å². The minimum Gasteiger partial charge on any atom is -0.374 e. The highest BCUT2D eigenvalue weighted by atomic mass is 16.5. The van der Waals surface area contributed by atoms with E-state index in [9.17, 15) is 0 Å². The number of morpholine rings is 1. The van der Waals surface area contributed by atoms with Gasteiger partial charge in [0.2, 0.25) is 0 Å². The summed E-state index contributed by atoms with van der Waals surface area (Å²) in [7, 11) is 4.12. The number of hydrogen-bond donors (Lipinski definition) is 1. The van der Waals surface area contributed by atoms with Crippen molar-refractivity contribution in [3.8, 4) is 0 Å². The van der Waals surface area contributed by atoms with Crippen LogP contribution in [0.4, 0.5) is 0 Å². The third kappa shape index (κ3) is 2.65. The lowest BCUT2D eigenvalue weighted by Gasteiger charge is -2.39. The average molecular weight is 235 g/mol. The molecule has 1 N–H and O–H groups in total. The van der Waals surface area contributed by atoms with Gasteiger partial charge in [0.25, 0.3) is 0 Å². The van der Waals surface area contributed by atoms with E-state index >= 15 is 0 Å². The Morgan fingerprint density at radius 3 is 3.12 bits per heavy atom. The van der Waals surface area contributed by atoms with Crippen molar-refractivity contribution in [1.29, 1.82) is 0 Å². The monoisotopic (exact) mass is 235 g/mol. The standard InChI is InChI=1S/C13H21N3O/c1-10-4-5-15-8-11(10)13-12(9-14-2)17-7-6-16(13)3/h4-5,8,12-14H,6-7,9H2,1-3H3. The molecule has 0 bridgehead atoms. The van der Waals surface area contributed by atoms with Crippen LogP contribution in [0.2, 0.25) is 0 Å². The molecule has 4 heteroatoms. The molecule has 1 fully saturated rings. The maximum atomic E-state index is 5.88. The number of likely N-dealkylation sites (N-methyl/N-ethyl adjacent to an activating group) is 2. The molecule has 0 saturated carbocycles. The van der Waals surface area contributed by atoms with Crippen molar-refractivity contribution < 1.29 is 4.74 Å². The van der Waals surface area contributed by atoms with Gasteiger partial charge < -0.3 is 10.1 Å². The van der Waals surface area contributed by atoms with Crippen LogP contribution in [0.5, 0.6) is 0 Å². The topological polar surface area (TPSA) is 37.4 Å². The lowest BCUT2D eigenvalue weighted by molar-refractivity contribution is -0.0609. The molecule has 17 heavy (non-hydrogen) atoms. The summed E-state index contributed by atoms with van der Waals surface area (Å²) in [6.07, 6.45) is 4.00. The van der Waals surface area contributed by atoms with Gasteiger partial charge in [-0.05, 0) is 38.2 Å². The largest absolute Gasteiger partial charge is 0.374 e. The van der Waals surface area contributed by atoms with Crippen molar-refractivity contribution in [2.24, 2.45) is 0 Å². The zero-order valence-corrected chi connectivity index (χ0v) is 10.8. The SMILES string of the molecule is CNCC1OCCN(C)C1c1cnccc1C. The highest BCUT2D eigenvalue weighted by Crippen LogP contribution is 2.29. The normalized spacial score (nSPS) is 26.1. The van der Waals surface area contributed by atoms with Crippen LogP contribution in [-0.4, -0.2) is 49.8 Å². The van der Waals surface area contributed by atoms with E-state index in [2.05, 4.69) is 35.2 Å². The molecule has 0 radical (unpaired) electrons. The van der Waals surface area contributed by atoms with Crippen molar-refractivity contribution in [3.63, 3.8) is 0 Å². The van der Waals surface area contributed by atoms with Gasteiger partial charge >= 0.3 is 0 Å². The zero-order chi connectivity index (χ0) is 12.3. The van der Waals surface area contributed by atoms with Gasteiger partial charge in [0.1, 0.15) is 0 Å². The first-order valence-corrected chi connectivity index (χ1v) is 6.11. The Balaban J connectivity index is 2.28. The number of aromatic nitrogens is 1. The van der Waals surface area contributed by atoms with E-state index in [4.69, 9.17) is 4.74 Å². The number of aryl methyl sites for hydroxylation is 1. The van der Waals surface area contributed by atoms with Gasteiger partial charge in [0.05, 0.1) is 18.8 Å². The lowest BCUT2D eigenvalue weighted by Crippen LogP contribution is -2.47. The molecule has 4 nitrogen and oxygen atoms in total. The first kappa shape index (κ1) is 12.5. The highest BCUT2D eigenvalue weighted by molar-refractivity contribution is 5.26. The molecule has 1 aromatic rings. The number of rotatable bonds is 3. The zero-order valence-electron chi connectivity index (χ0n) is 10.8. The molecule has 2 heterocycles. The summed E-state index contributed by atoms with van der Waals surface area (Å²) in [5, 5.41) is 3.21. The quantitative estimate of drug-likeness (QED) is 0.847. The van der Waals surface area contributed by atoms with Crippen LogP contribution in [0, 0.1) is 6.92 Å². The van der Waals surface area contributed by atoms with Crippen molar-refractivity contribution in [3.05, 3.63) is 29.6 Å². The fourth-order valence-electron chi connectivity index (χ4n) is 2.46. The van der Waals surface area contributed by atoms with E-state index < -0.39 is 0 Å². The summed E-state index contributed by atoms with van der Waals surface area (Å²) < 4.78 is 5.88. The van der Waals surface area contributed by atoms with Gasteiger partial charge in [-0.3, -0.25) is 9.88 Å². The van der Waals surface area contributed by atoms with Crippen molar-refractivity contribution in [2.45, 2.75) is 19.1 Å². The number of nitrogens with zero attached hydrogens (tertiary/aromatic N) is 2. The van der Waals surface area contributed by atoms with E-state index in [1.54, 1.807) is 0 Å². The van der Waals surface area contributed by atoms with Crippen LogP contribution in [0.15, 0.2) is 18.5 Å². The molecule has 0 aliphatic carbocycles. The third-order valence-corrected chi connectivity index (χ3v) is 3.41. The van der Waals surface area contributed by atoms with E-state index in [-0.39, 0.29) is 6.10 Å². The van der Waals surface area contributed by atoms with E-state index in [0.717, 1.165) is 19.7 Å². The number of pyridine rings is 1. The smallest absolute Gasteiger partial charge is 0.0896 e. The Kier molecular flexibility index (Phi) is 4.10. The number of hydrogen-bond acceptors (Lipinski definition) is 4.